The van der Waals surface area contributed by atoms with Crippen molar-refractivity contribution in [3.05, 3.63) is 74.8 Å². The summed E-state index contributed by atoms with van der Waals surface area (Å²) in [4.78, 5) is 54.4. The van der Waals surface area contributed by atoms with Crippen LogP contribution >= 0.6 is 0 Å². The van der Waals surface area contributed by atoms with E-state index in [4.69, 9.17) is 4.74 Å². The van der Waals surface area contributed by atoms with E-state index in [1.807, 2.05) is 13.8 Å². The van der Waals surface area contributed by atoms with E-state index in [2.05, 4.69) is 19.9 Å². The summed E-state index contributed by atoms with van der Waals surface area (Å²) in [5, 5.41) is 0. The number of halogens is 3. The van der Waals surface area contributed by atoms with Crippen LogP contribution in [0.4, 0.5) is 19.0 Å². The summed E-state index contributed by atoms with van der Waals surface area (Å²) in [5.41, 5.74) is 0.205. The van der Waals surface area contributed by atoms with Crippen molar-refractivity contribution in [1.82, 2.24) is 29.0 Å². The Morgan fingerprint density at radius 2 is 1.70 bits per heavy atom. The van der Waals surface area contributed by atoms with Crippen LogP contribution in [0.15, 0.2) is 52.3 Å². The van der Waals surface area contributed by atoms with Crippen molar-refractivity contribution < 1.29 is 22.7 Å². The minimum Gasteiger partial charge on any atom is -0.379 e. The molecule has 1 fully saturated rings. The number of aromatic amines is 1. The smallest absolute Gasteiger partial charge is 0.379 e. The number of aromatic nitrogens is 5. The Bertz CT molecular complexity index is 1720. The van der Waals surface area contributed by atoms with Gasteiger partial charge in [-0.25, -0.2) is 9.78 Å². The monoisotopic (exact) mass is 613 g/mol. The minimum absolute atomic E-state index is 0.00118. The van der Waals surface area contributed by atoms with Crippen LogP contribution < -0.4 is 16.1 Å². The van der Waals surface area contributed by atoms with Crippen LogP contribution in [0.5, 0.6) is 0 Å². The molecule has 11 nitrogen and oxygen atoms in total. The van der Waals surface area contributed by atoms with Crippen LogP contribution in [0.3, 0.4) is 0 Å². The van der Waals surface area contributed by atoms with Gasteiger partial charge in [0.2, 0.25) is 0 Å². The summed E-state index contributed by atoms with van der Waals surface area (Å²) in [6.45, 7) is 7.89. The number of ether oxygens (including phenoxy) is 1. The summed E-state index contributed by atoms with van der Waals surface area (Å²) in [6.07, 6.45) is -0.806. The molecule has 44 heavy (non-hydrogen) atoms. The van der Waals surface area contributed by atoms with E-state index >= 15 is 0 Å². The summed E-state index contributed by atoms with van der Waals surface area (Å²) < 4.78 is 47.4. The second-order valence-corrected chi connectivity index (χ2v) is 10.6. The molecule has 0 radical (unpaired) electrons. The van der Waals surface area contributed by atoms with Gasteiger partial charge in [-0.15, -0.1) is 0 Å². The highest BCUT2D eigenvalue weighted by molar-refractivity contribution is 6.05. The van der Waals surface area contributed by atoms with Crippen LogP contribution in [0, 0.1) is 0 Å². The number of anilines is 1. The molecule has 1 aliphatic heterocycles. The van der Waals surface area contributed by atoms with Gasteiger partial charge in [-0.1, -0.05) is 13.8 Å². The average Bonchev–Trinajstić information content (AvgIpc) is 3.47. The van der Waals surface area contributed by atoms with E-state index in [9.17, 15) is 27.6 Å². The van der Waals surface area contributed by atoms with Gasteiger partial charge in [-0.05, 0) is 43.2 Å². The van der Waals surface area contributed by atoms with E-state index in [1.54, 1.807) is 29.0 Å². The predicted molar refractivity (Wildman–Crippen MR) is 159 cm³/mol. The standard InChI is InChI=1S/C30H34F3N7O4/c1-3-9-38-23-17-22(36-26(23)28(42)40(10-4-2)29(38)43)20-6-8-25(35-18-20)39(12-11-37-13-15-44-16-14-37)27(41)21-5-7-24(34-19-21)30(31,32)33/h5-8,17-19,36H,3-4,9-16H2,1-2H3. The topological polar surface area (TPSA) is 118 Å². The van der Waals surface area contributed by atoms with E-state index in [1.165, 1.54) is 9.47 Å². The van der Waals surface area contributed by atoms with Gasteiger partial charge in [0, 0.05) is 62.9 Å². The fourth-order valence-electron chi connectivity index (χ4n) is 5.24. The van der Waals surface area contributed by atoms with Gasteiger partial charge in [0.05, 0.1) is 24.3 Å². The molecule has 1 amide bonds. The lowest BCUT2D eigenvalue weighted by molar-refractivity contribution is -0.141. The number of fused-ring (bicyclic) bond motifs is 1. The molecule has 1 aliphatic rings. The number of H-pyrrole nitrogens is 1. The molecule has 4 aromatic heterocycles. The molecule has 4 aromatic rings. The number of pyridine rings is 2. The summed E-state index contributed by atoms with van der Waals surface area (Å²) in [6, 6.07) is 7.02. The quantitative estimate of drug-likeness (QED) is 0.289. The molecule has 0 saturated carbocycles. The lowest BCUT2D eigenvalue weighted by atomic mass is 10.2. The third-order valence-electron chi connectivity index (χ3n) is 7.53. The molecule has 0 atom stereocenters. The number of carbonyl (C=O) groups excluding carboxylic acids is 1. The Kier molecular flexibility index (Phi) is 9.30. The molecule has 0 unspecified atom stereocenters. The first-order valence-electron chi connectivity index (χ1n) is 14.6. The molecular weight excluding hydrogens is 579 g/mol. The maximum Gasteiger partial charge on any atom is 0.433 e. The molecular formula is C30H34F3N7O4. The Balaban J connectivity index is 1.47. The van der Waals surface area contributed by atoms with Crippen molar-refractivity contribution in [2.75, 3.05) is 44.3 Å². The van der Waals surface area contributed by atoms with Crippen molar-refractivity contribution in [2.24, 2.45) is 0 Å². The van der Waals surface area contributed by atoms with Gasteiger partial charge in [-0.3, -0.25) is 33.5 Å². The maximum absolute atomic E-state index is 13.6. The normalized spacial score (nSPS) is 14.3. The van der Waals surface area contributed by atoms with Gasteiger partial charge >= 0.3 is 11.9 Å². The maximum atomic E-state index is 13.6. The third kappa shape index (κ3) is 6.45. The fourth-order valence-corrected chi connectivity index (χ4v) is 5.24. The highest BCUT2D eigenvalue weighted by Crippen LogP contribution is 2.28. The third-order valence-corrected chi connectivity index (χ3v) is 7.53. The van der Waals surface area contributed by atoms with Gasteiger partial charge in [0.1, 0.15) is 17.0 Å². The van der Waals surface area contributed by atoms with Crippen LogP contribution in [0.25, 0.3) is 22.3 Å². The van der Waals surface area contributed by atoms with E-state index in [0.717, 1.165) is 18.3 Å². The van der Waals surface area contributed by atoms with Crippen molar-refractivity contribution in [2.45, 2.75) is 46.0 Å². The number of rotatable bonds is 10. The Morgan fingerprint density at radius 1 is 0.977 bits per heavy atom. The molecule has 234 valence electrons. The lowest BCUT2D eigenvalue weighted by Crippen LogP contribution is -2.43. The molecule has 0 bridgehead atoms. The molecule has 1 N–H and O–H groups in total. The number of carbonyl (C=O) groups is 1. The highest BCUT2D eigenvalue weighted by atomic mass is 19.4. The molecule has 5 rings (SSSR count). The van der Waals surface area contributed by atoms with Gasteiger partial charge < -0.3 is 9.72 Å². The summed E-state index contributed by atoms with van der Waals surface area (Å²) in [7, 11) is 0. The Labute approximate surface area is 250 Å². The summed E-state index contributed by atoms with van der Waals surface area (Å²) in [5.74, 6) is -0.235. The minimum atomic E-state index is -4.62. The number of morpholine rings is 1. The first kappa shape index (κ1) is 31.1. The van der Waals surface area contributed by atoms with Crippen molar-refractivity contribution in [3.63, 3.8) is 0 Å². The molecule has 5 heterocycles. The van der Waals surface area contributed by atoms with Crippen molar-refractivity contribution >= 4 is 22.8 Å². The molecule has 14 heteroatoms. The van der Waals surface area contributed by atoms with Crippen LogP contribution in [0.1, 0.15) is 42.7 Å². The second kappa shape index (κ2) is 13.1. The Morgan fingerprint density at radius 3 is 2.32 bits per heavy atom. The zero-order valence-corrected chi connectivity index (χ0v) is 24.6. The van der Waals surface area contributed by atoms with Gasteiger partial charge in [0.25, 0.3) is 11.5 Å². The highest BCUT2D eigenvalue weighted by Gasteiger charge is 2.32. The fraction of sp³-hybridized carbons (Fsp3) is 0.433. The zero-order chi connectivity index (χ0) is 31.4. The zero-order valence-electron chi connectivity index (χ0n) is 24.6. The Hall–Kier alpha value is -4.30. The van der Waals surface area contributed by atoms with Crippen LogP contribution in [-0.2, 0) is 24.0 Å². The van der Waals surface area contributed by atoms with Crippen molar-refractivity contribution in [3.8, 4) is 11.3 Å². The molecule has 0 aliphatic carbocycles. The number of nitrogens with zero attached hydrogens (tertiary/aromatic N) is 6. The van der Waals surface area contributed by atoms with E-state index in [-0.39, 0.29) is 23.4 Å². The van der Waals surface area contributed by atoms with Crippen molar-refractivity contribution in [1.29, 1.82) is 0 Å². The second-order valence-electron chi connectivity index (χ2n) is 10.6. The van der Waals surface area contributed by atoms with E-state index < -0.39 is 17.8 Å². The lowest BCUT2D eigenvalue weighted by Gasteiger charge is -2.29. The predicted octanol–water partition coefficient (Wildman–Crippen LogP) is 3.77. The van der Waals surface area contributed by atoms with Gasteiger partial charge in [-0.2, -0.15) is 13.2 Å². The van der Waals surface area contributed by atoms with E-state index in [0.29, 0.717) is 86.9 Å². The largest absolute Gasteiger partial charge is 0.433 e. The SMILES string of the molecule is CCCn1c(=O)c2[nH]c(-c3ccc(N(CCN4CCOCC4)C(=O)c4ccc(C(F)(F)F)nc4)nc3)cc2n(CCC)c1=O. The molecule has 0 aromatic carbocycles. The molecule has 1 saturated heterocycles. The number of aryl methyl sites for hydroxylation is 1. The number of nitrogens with one attached hydrogen (secondary N) is 1. The van der Waals surface area contributed by atoms with Gasteiger partial charge in [0.15, 0.2) is 0 Å². The first-order valence-corrected chi connectivity index (χ1v) is 14.6. The molecule has 0 spiro atoms. The number of amides is 1. The average molecular weight is 614 g/mol. The number of hydrogen-bond acceptors (Lipinski definition) is 7. The van der Waals surface area contributed by atoms with Crippen LogP contribution in [0.2, 0.25) is 0 Å². The number of alkyl halides is 3. The summed E-state index contributed by atoms with van der Waals surface area (Å²) >= 11 is 0. The van der Waals surface area contributed by atoms with Crippen LogP contribution in [-0.4, -0.2) is 74.3 Å². The number of hydrogen-bond donors (Lipinski definition) is 1. The first-order chi connectivity index (χ1) is 21.1.